The van der Waals surface area contributed by atoms with E-state index in [1.165, 1.54) is 12.8 Å². The maximum atomic E-state index is 12.9. The number of anilines is 1. The van der Waals surface area contributed by atoms with Gasteiger partial charge in [0.1, 0.15) is 5.75 Å². The van der Waals surface area contributed by atoms with Crippen LogP contribution in [0.4, 0.5) is 5.69 Å². The summed E-state index contributed by atoms with van der Waals surface area (Å²) in [6.07, 6.45) is 5.50. The van der Waals surface area contributed by atoms with Gasteiger partial charge >= 0.3 is 0 Å². The highest BCUT2D eigenvalue weighted by atomic mass is 16.5. The van der Waals surface area contributed by atoms with Crippen molar-refractivity contribution in [3.63, 3.8) is 0 Å². The minimum absolute atomic E-state index is 0.0321. The SMILES string of the molecule is CCC1CCCCCN1C(=O)c1ccc2c(c1)NC(=O)CO2. The summed E-state index contributed by atoms with van der Waals surface area (Å²) in [6.45, 7) is 2.98. The molecule has 1 atom stereocenters. The van der Waals surface area contributed by atoms with Crippen LogP contribution in [0.1, 0.15) is 49.4 Å². The lowest BCUT2D eigenvalue weighted by molar-refractivity contribution is -0.118. The molecule has 0 saturated carbocycles. The number of hydrogen-bond donors (Lipinski definition) is 1. The van der Waals surface area contributed by atoms with Crippen molar-refractivity contribution in [2.24, 2.45) is 0 Å². The van der Waals surface area contributed by atoms with E-state index in [2.05, 4.69) is 12.2 Å². The number of likely N-dealkylation sites (tertiary alicyclic amines) is 1. The Hall–Kier alpha value is -2.04. The Morgan fingerprint density at radius 1 is 1.36 bits per heavy atom. The van der Waals surface area contributed by atoms with Gasteiger partial charge in [0.2, 0.25) is 0 Å². The standard InChI is InChI=1S/C17H22N2O3/c1-2-13-6-4-3-5-9-19(13)17(21)12-7-8-15-14(10-12)18-16(20)11-22-15/h7-8,10,13H,2-6,9,11H2,1H3,(H,18,20). The first-order valence-electron chi connectivity index (χ1n) is 8.06. The van der Waals surface area contributed by atoms with Crippen molar-refractivity contribution in [3.05, 3.63) is 23.8 Å². The van der Waals surface area contributed by atoms with Gasteiger partial charge in [0.15, 0.2) is 6.61 Å². The predicted molar refractivity (Wildman–Crippen MR) is 84.2 cm³/mol. The Morgan fingerprint density at radius 2 is 2.23 bits per heavy atom. The van der Waals surface area contributed by atoms with E-state index in [-0.39, 0.29) is 18.4 Å². The number of benzene rings is 1. The summed E-state index contributed by atoms with van der Waals surface area (Å²) in [5.41, 5.74) is 1.20. The molecule has 22 heavy (non-hydrogen) atoms. The first-order valence-corrected chi connectivity index (χ1v) is 8.06. The van der Waals surface area contributed by atoms with Gasteiger partial charge in [-0.05, 0) is 37.5 Å². The first kappa shape index (κ1) is 14.9. The van der Waals surface area contributed by atoms with E-state index < -0.39 is 0 Å². The van der Waals surface area contributed by atoms with Crippen LogP contribution < -0.4 is 10.1 Å². The highest BCUT2D eigenvalue weighted by Gasteiger charge is 2.26. The number of nitrogens with one attached hydrogen (secondary N) is 1. The van der Waals surface area contributed by atoms with Gasteiger partial charge in [-0.25, -0.2) is 0 Å². The minimum Gasteiger partial charge on any atom is -0.482 e. The van der Waals surface area contributed by atoms with Crippen molar-refractivity contribution in [2.75, 3.05) is 18.5 Å². The molecule has 2 aliphatic heterocycles. The second-order valence-electron chi connectivity index (χ2n) is 5.96. The van der Waals surface area contributed by atoms with Crippen LogP contribution in [0, 0.1) is 0 Å². The number of carbonyl (C=O) groups is 2. The topological polar surface area (TPSA) is 58.6 Å². The summed E-state index contributed by atoms with van der Waals surface area (Å²) in [4.78, 5) is 26.3. The van der Waals surface area contributed by atoms with Crippen molar-refractivity contribution < 1.29 is 14.3 Å². The fourth-order valence-electron chi connectivity index (χ4n) is 3.25. The molecule has 0 aliphatic carbocycles. The highest BCUT2D eigenvalue weighted by molar-refractivity contribution is 6.00. The number of hydrogen-bond acceptors (Lipinski definition) is 3. The van der Waals surface area contributed by atoms with Crippen molar-refractivity contribution in [2.45, 2.75) is 45.1 Å². The molecular formula is C17H22N2O3. The monoisotopic (exact) mass is 302 g/mol. The van der Waals surface area contributed by atoms with Crippen LogP contribution in [0.2, 0.25) is 0 Å². The second kappa shape index (κ2) is 6.38. The maximum Gasteiger partial charge on any atom is 0.262 e. The number of nitrogens with zero attached hydrogens (tertiary/aromatic N) is 1. The fraction of sp³-hybridized carbons (Fsp3) is 0.529. The van der Waals surface area contributed by atoms with Gasteiger partial charge in [-0.2, -0.15) is 0 Å². The van der Waals surface area contributed by atoms with Crippen molar-refractivity contribution in [1.29, 1.82) is 0 Å². The van der Waals surface area contributed by atoms with Crippen LogP contribution in [0.15, 0.2) is 18.2 Å². The predicted octanol–water partition coefficient (Wildman–Crippen LogP) is 2.81. The molecule has 1 unspecified atom stereocenters. The Bertz CT molecular complexity index is 585. The third-order valence-corrected chi connectivity index (χ3v) is 4.47. The molecule has 5 nitrogen and oxygen atoms in total. The van der Waals surface area contributed by atoms with Crippen LogP contribution in [-0.4, -0.2) is 35.9 Å². The molecule has 118 valence electrons. The molecule has 2 heterocycles. The van der Waals surface area contributed by atoms with Crippen LogP contribution >= 0.6 is 0 Å². The molecule has 2 amide bonds. The smallest absolute Gasteiger partial charge is 0.262 e. The Balaban J connectivity index is 1.84. The molecule has 1 saturated heterocycles. The maximum absolute atomic E-state index is 12.9. The lowest BCUT2D eigenvalue weighted by Gasteiger charge is -2.30. The molecule has 0 spiro atoms. The molecule has 1 fully saturated rings. The quantitative estimate of drug-likeness (QED) is 0.914. The minimum atomic E-state index is -0.182. The Morgan fingerprint density at radius 3 is 3.05 bits per heavy atom. The van der Waals surface area contributed by atoms with Gasteiger partial charge in [0.05, 0.1) is 5.69 Å². The molecule has 0 radical (unpaired) electrons. The molecule has 1 aromatic carbocycles. The number of rotatable bonds is 2. The van der Waals surface area contributed by atoms with Crippen molar-refractivity contribution in [1.82, 2.24) is 4.90 Å². The largest absolute Gasteiger partial charge is 0.482 e. The van der Waals surface area contributed by atoms with Gasteiger partial charge in [-0.1, -0.05) is 19.8 Å². The summed E-state index contributed by atoms with van der Waals surface area (Å²) in [5.74, 6) is 0.494. The van der Waals surface area contributed by atoms with E-state index in [4.69, 9.17) is 4.74 Å². The summed E-state index contributed by atoms with van der Waals surface area (Å²) in [7, 11) is 0. The van der Waals surface area contributed by atoms with Gasteiger partial charge in [-0.15, -0.1) is 0 Å². The van der Waals surface area contributed by atoms with Gasteiger partial charge in [0.25, 0.3) is 11.8 Å². The zero-order chi connectivity index (χ0) is 15.5. The van der Waals surface area contributed by atoms with E-state index in [1.807, 2.05) is 4.90 Å². The Labute approximate surface area is 130 Å². The van der Waals surface area contributed by atoms with E-state index in [0.29, 0.717) is 23.0 Å². The normalized spacial score (nSPS) is 21.4. The van der Waals surface area contributed by atoms with Crippen molar-refractivity contribution in [3.8, 4) is 5.75 Å². The zero-order valence-electron chi connectivity index (χ0n) is 12.9. The summed E-state index contributed by atoms with van der Waals surface area (Å²) in [5, 5.41) is 2.76. The lowest BCUT2D eigenvalue weighted by atomic mass is 10.1. The van der Waals surface area contributed by atoms with Crippen LogP contribution in [0.3, 0.4) is 0 Å². The number of fused-ring (bicyclic) bond motifs is 1. The first-order chi connectivity index (χ1) is 10.7. The molecule has 2 aliphatic rings. The van der Waals surface area contributed by atoms with Crippen LogP contribution in [0.5, 0.6) is 5.75 Å². The van der Waals surface area contributed by atoms with Crippen LogP contribution in [0.25, 0.3) is 0 Å². The average molecular weight is 302 g/mol. The van der Waals surface area contributed by atoms with Crippen LogP contribution in [-0.2, 0) is 4.79 Å². The van der Waals surface area contributed by atoms with Gasteiger partial charge < -0.3 is 15.0 Å². The highest BCUT2D eigenvalue weighted by Crippen LogP contribution is 2.30. The second-order valence-corrected chi connectivity index (χ2v) is 5.96. The molecule has 5 heteroatoms. The zero-order valence-corrected chi connectivity index (χ0v) is 12.9. The number of amides is 2. The fourth-order valence-corrected chi connectivity index (χ4v) is 3.25. The van der Waals surface area contributed by atoms with E-state index >= 15 is 0 Å². The van der Waals surface area contributed by atoms with E-state index in [9.17, 15) is 9.59 Å². The molecule has 3 rings (SSSR count). The van der Waals surface area contributed by atoms with Crippen molar-refractivity contribution >= 4 is 17.5 Å². The molecular weight excluding hydrogens is 280 g/mol. The summed E-state index contributed by atoms with van der Waals surface area (Å²) in [6, 6.07) is 5.60. The van der Waals surface area contributed by atoms with E-state index in [1.54, 1.807) is 18.2 Å². The van der Waals surface area contributed by atoms with E-state index in [0.717, 1.165) is 25.8 Å². The third-order valence-electron chi connectivity index (χ3n) is 4.47. The lowest BCUT2D eigenvalue weighted by Crippen LogP contribution is -2.39. The summed E-state index contributed by atoms with van der Waals surface area (Å²) < 4.78 is 5.34. The number of carbonyl (C=O) groups excluding carboxylic acids is 2. The average Bonchev–Trinajstić information content (AvgIpc) is 2.78. The molecule has 0 bridgehead atoms. The molecule has 1 N–H and O–H groups in total. The van der Waals surface area contributed by atoms with Gasteiger partial charge in [0, 0.05) is 18.2 Å². The van der Waals surface area contributed by atoms with Gasteiger partial charge in [-0.3, -0.25) is 9.59 Å². The Kier molecular flexibility index (Phi) is 4.32. The molecule has 1 aromatic rings. The molecule has 0 aromatic heterocycles. The number of ether oxygens (including phenoxy) is 1. The third kappa shape index (κ3) is 2.93. The summed E-state index contributed by atoms with van der Waals surface area (Å²) >= 11 is 0.